The number of carbonyl (C=O) groups is 1. The first-order valence-corrected chi connectivity index (χ1v) is 5.76. The molecule has 1 amide bonds. The molecule has 5 nitrogen and oxygen atoms in total. The van der Waals surface area contributed by atoms with Gasteiger partial charge in [-0.15, -0.1) is 0 Å². The fourth-order valence-electron chi connectivity index (χ4n) is 1.14. The summed E-state index contributed by atoms with van der Waals surface area (Å²) in [7, 11) is -3.68. The summed E-state index contributed by atoms with van der Waals surface area (Å²) in [6.45, 7) is 3.08. The normalized spacial score (nSPS) is 11.1. The molecule has 0 saturated carbocycles. The first-order chi connectivity index (χ1) is 6.80. The van der Waals surface area contributed by atoms with Crippen molar-refractivity contribution in [3.63, 3.8) is 0 Å². The minimum atomic E-state index is -3.68. The van der Waals surface area contributed by atoms with Crippen LogP contribution in [-0.2, 0) is 14.8 Å². The van der Waals surface area contributed by atoms with Gasteiger partial charge < -0.3 is 5.32 Å². The zero-order chi connectivity index (χ0) is 11.6. The second-order valence-corrected chi connectivity index (χ2v) is 4.76. The smallest absolute Gasteiger partial charge is 0.238 e. The number of rotatable bonds is 2. The van der Waals surface area contributed by atoms with Gasteiger partial charge in [0.25, 0.3) is 0 Å². The molecule has 0 aromatic heterocycles. The number of anilines is 1. The van der Waals surface area contributed by atoms with Gasteiger partial charge in [-0.2, -0.15) is 0 Å². The fourth-order valence-corrected chi connectivity index (χ4v) is 1.74. The summed E-state index contributed by atoms with van der Waals surface area (Å²) in [6, 6.07) is 4.28. The molecule has 82 valence electrons. The summed E-state index contributed by atoms with van der Waals surface area (Å²) in [4.78, 5) is 10.8. The average molecular weight is 228 g/mol. The van der Waals surface area contributed by atoms with Crippen molar-refractivity contribution in [2.24, 2.45) is 5.14 Å². The maximum atomic E-state index is 11.0. The van der Waals surface area contributed by atoms with E-state index in [4.69, 9.17) is 5.14 Å². The molecule has 3 N–H and O–H groups in total. The van der Waals surface area contributed by atoms with Crippen molar-refractivity contribution in [2.45, 2.75) is 18.7 Å². The maximum Gasteiger partial charge on any atom is 0.238 e. The van der Waals surface area contributed by atoms with Gasteiger partial charge in [-0.05, 0) is 30.7 Å². The quantitative estimate of drug-likeness (QED) is 0.776. The van der Waals surface area contributed by atoms with Gasteiger partial charge in [-0.3, -0.25) is 4.79 Å². The van der Waals surface area contributed by atoms with Crippen molar-refractivity contribution in [2.75, 3.05) is 5.32 Å². The Balaban J connectivity index is 3.15. The van der Waals surface area contributed by atoms with Crippen molar-refractivity contribution in [1.29, 1.82) is 0 Å². The van der Waals surface area contributed by atoms with Crippen LogP contribution in [0.5, 0.6) is 0 Å². The second kappa shape index (κ2) is 4.00. The van der Waals surface area contributed by atoms with E-state index in [-0.39, 0.29) is 10.8 Å². The number of hydrogen-bond donors (Lipinski definition) is 2. The van der Waals surface area contributed by atoms with E-state index < -0.39 is 10.0 Å². The molecular formula is C9H12N2O3S. The molecule has 0 fully saturated rings. The van der Waals surface area contributed by atoms with E-state index in [0.717, 1.165) is 0 Å². The zero-order valence-corrected chi connectivity index (χ0v) is 9.26. The van der Waals surface area contributed by atoms with Crippen molar-refractivity contribution < 1.29 is 13.2 Å². The zero-order valence-electron chi connectivity index (χ0n) is 8.44. The topological polar surface area (TPSA) is 89.3 Å². The summed E-state index contributed by atoms with van der Waals surface area (Å²) >= 11 is 0. The number of aryl methyl sites for hydroxylation is 1. The van der Waals surface area contributed by atoms with E-state index in [2.05, 4.69) is 5.32 Å². The number of benzene rings is 1. The lowest BCUT2D eigenvalue weighted by molar-refractivity contribution is -0.114. The highest BCUT2D eigenvalue weighted by Gasteiger charge is 2.09. The number of nitrogens with one attached hydrogen (secondary N) is 1. The predicted octanol–water partition coefficient (Wildman–Crippen LogP) is 0.601. The highest BCUT2D eigenvalue weighted by molar-refractivity contribution is 7.89. The average Bonchev–Trinajstić information content (AvgIpc) is 2.05. The number of amides is 1. The van der Waals surface area contributed by atoms with Crippen LogP contribution in [0.3, 0.4) is 0 Å². The van der Waals surface area contributed by atoms with E-state index in [1.165, 1.54) is 25.1 Å². The van der Waals surface area contributed by atoms with Crippen LogP contribution in [-0.4, -0.2) is 14.3 Å². The molecule has 0 bridgehead atoms. The van der Waals surface area contributed by atoms with Gasteiger partial charge in [0.2, 0.25) is 15.9 Å². The van der Waals surface area contributed by atoms with E-state index in [0.29, 0.717) is 11.3 Å². The van der Waals surface area contributed by atoms with Crippen LogP contribution < -0.4 is 10.5 Å². The Kier molecular flexibility index (Phi) is 3.11. The highest BCUT2D eigenvalue weighted by atomic mass is 32.2. The molecule has 0 aliphatic carbocycles. The van der Waals surface area contributed by atoms with Crippen molar-refractivity contribution in [1.82, 2.24) is 0 Å². The van der Waals surface area contributed by atoms with E-state index in [1.54, 1.807) is 6.92 Å². The van der Waals surface area contributed by atoms with E-state index in [9.17, 15) is 13.2 Å². The Hall–Kier alpha value is -1.40. The van der Waals surface area contributed by atoms with Crippen molar-refractivity contribution in [3.8, 4) is 0 Å². The molecular weight excluding hydrogens is 216 g/mol. The minimum absolute atomic E-state index is 0.0362. The van der Waals surface area contributed by atoms with Gasteiger partial charge in [0.15, 0.2) is 0 Å². The molecule has 0 aliphatic heterocycles. The molecule has 0 atom stereocenters. The van der Waals surface area contributed by atoms with Gasteiger partial charge in [-0.25, -0.2) is 13.6 Å². The summed E-state index contributed by atoms with van der Waals surface area (Å²) in [5, 5.41) is 7.54. The number of hydrogen-bond acceptors (Lipinski definition) is 3. The van der Waals surface area contributed by atoms with Crippen LogP contribution in [0.25, 0.3) is 0 Å². The van der Waals surface area contributed by atoms with Crippen LogP contribution in [0.15, 0.2) is 23.1 Å². The summed E-state index contributed by atoms with van der Waals surface area (Å²) in [5.74, 6) is -0.207. The van der Waals surface area contributed by atoms with Gasteiger partial charge in [0, 0.05) is 12.6 Å². The Morgan fingerprint density at radius 1 is 1.40 bits per heavy atom. The van der Waals surface area contributed by atoms with Crippen molar-refractivity contribution in [3.05, 3.63) is 23.8 Å². The Morgan fingerprint density at radius 3 is 2.40 bits per heavy atom. The van der Waals surface area contributed by atoms with Gasteiger partial charge in [-0.1, -0.05) is 0 Å². The Bertz CT molecular complexity index is 494. The first-order valence-electron chi connectivity index (χ1n) is 4.22. The number of nitrogens with two attached hydrogens (primary N) is 1. The molecule has 0 unspecified atom stereocenters. The number of primary sulfonamides is 1. The second-order valence-electron chi connectivity index (χ2n) is 3.20. The van der Waals surface area contributed by atoms with Gasteiger partial charge in [0.1, 0.15) is 0 Å². The summed E-state index contributed by atoms with van der Waals surface area (Å²) < 4.78 is 22.0. The maximum absolute atomic E-state index is 11.0. The first kappa shape index (κ1) is 11.7. The molecule has 15 heavy (non-hydrogen) atoms. The van der Waals surface area contributed by atoms with E-state index in [1.807, 2.05) is 0 Å². The molecule has 0 saturated heterocycles. The standard InChI is InChI=1S/C9H12N2O3S/c1-6-5-8(15(10,13)14)3-4-9(6)11-7(2)12/h3-5H,1-2H3,(H,11,12)(H2,10,13,14). The largest absolute Gasteiger partial charge is 0.326 e. The van der Waals surface area contributed by atoms with Gasteiger partial charge in [0.05, 0.1) is 4.90 Å². The summed E-state index contributed by atoms with van der Waals surface area (Å²) in [6.07, 6.45) is 0. The third kappa shape index (κ3) is 3.03. The van der Waals surface area contributed by atoms with Crippen LogP contribution >= 0.6 is 0 Å². The molecule has 0 aliphatic rings. The Labute approximate surface area is 88.3 Å². The third-order valence-electron chi connectivity index (χ3n) is 1.84. The third-order valence-corrected chi connectivity index (χ3v) is 2.75. The predicted molar refractivity (Wildman–Crippen MR) is 56.9 cm³/mol. The van der Waals surface area contributed by atoms with Crippen LogP contribution in [0.4, 0.5) is 5.69 Å². The Morgan fingerprint density at radius 2 is 2.00 bits per heavy atom. The van der Waals surface area contributed by atoms with Crippen LogP contribution in [0, 0.1) is 6.92 Å². The molecule has 0 spiro atoms. The molecule has 1 rings (SSSR count). The highest BCUT2D eigenvalue weighted by Crippen LogP contribution is 2.18. The number of sulfonamides is 1. The molecule has 1 aromatic rings. The van der Waals surface area contributed by atoms with Crippen LogP contribution in [0.2, 0.25) is 0 Å². The summed E-state index contributed by atoms with van der Waals surface area (Å²) in [5.41, 5.74) is 1.23. The molecule has 0 heterocycles. The fraction of sp³-hybridized carbons (Fsp3) is 0.222. The van der Waals surface area contributed by atoms with Crippen LogP contribution in [0.1, 0.15) is 12.5 Å². The minimum Gasteiger partial charge on any atom is -0.326 e. The molecule has 6 heteroatoms. The van der Waals surface area contributed by atoms with Crippen molar-refractivity contribution >= 4 is 21.6 Å². The number of carbonyl (C=O) groups excluding carboxylic acids is 1. The van der Waals surface area contributed by atoms with E-state index >= 15 is 0 Å². The molecule has 0 radical (unpaired) electrons. The SMILES string of the molecule is CC(=O)Nc1ccc(S(N)(=O)=O)cc1C. The monoisotopic (exact) mass is 228 g/mol. The lowest BCUT2D eigenvalue weighted by atomic mass is 10.2. The molecule has 1 aromatic carbocycles. The van der Waals surface area contributed by atoms with Gasteiger partial charge >= 0.3 is 0 Å². The lowest BCUT2D eigenvalue weighted by Gasteiger charge is -2.07. The lowest BCUT2D eigenvalue weighted by Crippen LogP contribution is -2.13.